The molecule has 21 heavy (non-hydrogen) atoms. The predicted molar refractivity (Wildman–Crippen MR) is 85.4 cm³/mol. The smallest absolute Gasteiger partial charge is 0.224 e. The van der Waals surface area contributed by atoms with Gasteiger partial charge in [0.2, 0.25) is 5.95 Å². The van der Waals surface area contributed by atoms with Gasteiger partial charge >= 0.3 is 0 Å². The van der Waals surface area contributed by atoms with Crippen molar-refractivity contribution in [3.05, 3.63) is 54.4 Å². The number of benzene rings is 1. The van der Waals surface area contributed by atoms with Crippen molar-refractivity contribution in [2.45, 2.75) is 13.3 Å². The number of nitrogens with one attached hydrogen (secondary N) is 1. The molecular weight excluding hydrogens is 262 g/mol. The van der Waals surface area contributed by atoms with Crippen LogP contribution in [0.1, 0.15) is 19.0 Å². The Morgan fingerprint density at radius 1 is 1.19 bits per heavy atom. The normalized spacial score (nSPS) is 11.8. The summed E-state index contributed by atoms with van der Waals surface area (Å²) in [6, 6.07) is 13.8. The van der Waals surface area contributed by atoms with E-state index >= 15 is 0 Å². The van der Waals surface area contributed by atoms with Gasteiger partial charge < -0.3 is 4.57 Å². The van der Waals surface area contributed by atoms with Crippen LogP contribution in [0.3, 0.4) is 0 Å². The lowest BCUT2D eigenvalue weighted by atomic mass is 10.2. The maximum Gasteiger partial charge on any atom is 0.224 e. The summed E-state index contributed by atoms with van der Waals surface area (Å²) in [5, 5.41) is 4.46. The van der Waals surface area contributed by atoms with E-state index in [0.29, 0.717) is 0 Å². The van der Waals surface area contributed by atoms with Gasteiger partial charge in [-0.05, 0) is 30.7 Å². The summed E-state index contributed by atoms with van der Waals surface area (Å²) in [6.07, 6.45) is 2.57. The average Bonchev–Trinajstić information content (AvgIpc) is 2.86. The van der Waals surface area contributed by atoms with Gasteiger partial charge in [-0.2, -0.15) is 5.10 Å². The van der Waals surface area contributed by atoms with Crippen molar-refractivity contribution in [1.82, 2.24) is 14.5 Å². The minimum Gasteiger partial charge on any atom is -0.312 e. The molecule has 0 bridgehead atoms. The van der Waals surface area contributed by atoms with Crippen LogP contribution < -0.4 is 5.43 Å². The van der Waals surface area contributed by atoms with Crippen LogP contribution >= 0.6 is 0 Å². The van der Waals surface area contributed by atoms with Crippen LogP contribution in [0.4, 0.5) is 5.95 Å². The van der Waals surface area contributed by atoms with E-state index in [4.69, 9.17) is 0 Å². The van der Waals surface area contributed by atoms with E-state index in [9.17, 15) is 0 Å². The summed E-state index contributed by atoms with van der Waals surface area (Å²) in [5.74, 6) is 0.720. The van der Waals surface area contributed by atoms with Crippen molar-refractivity contribution in [3.63, 3.8) is 0 Å². The Balaban J connectivity index is 1.91. The van der Waals surface area contributed by atoms with Crippen LogP contribution in [0.15, 0.2) is 53.8 Å². The van der Waals surface area contributed by atoms with Crippen molar-refractivity contribution in [1.29, 1.82) is 0 Å². The van der Waals surface area contributed by atoms with Crippen LogP contribution in [-0.2, 0) is 7.05 Å². The fourth-order valence-corrected chi connectivity index (χ4v) is 2.21. The third-order valence-corrected chi connectivity index (χ3v) is 3.37. The molecule has 0 radical (unpaired) electrons. The third kappa shape index (κ3) is 2.63. The molecule has 3 aromatic rings. The van der Waals surface area contributed by atoms with Gasteiger partial charge in [0.05, 0.1) is 22.4 Å². The zero-order valence-electron chi connectivity index (χ0n) is 12.1. The number of anilines is 1. The molecule has 0 amide bonds. The number of aryl methyl sites for hydroxylation is 1. The number of pyridine rings is 1. The number of imidazole rings is 1. The molecule has 0 unspecified atom stereocenters. The van der Waals surface area contributed by atoms with Crippen molar-refractivity contribution in [2.24, 2.45) is 12.1 Å². The lowest BCUT2D eigenvalue weighted by Crippen LogP contribution is -2.07. The van der Waals surface area contributed by atoms with E-state index in [1.807, 2.05) is 54.1 Å². The van der Waals surface area contributed by atoms with Crippen molar-refractivity contribution >= 4 is 22.7 Å². The topological polar surface area (TPSA) is 55.1 Å². The molecule has 5 nitrogen and oxygen atoms in total. The van der Waals surface area contributed by atoms with Gasteiger partial charge in [0.15, 0.2) is 0 Å². The number of hydrazone groups is 1. The largest absolute Gasteiger partial charge is 0.312 e. The number of fused-ring (bicyclic) bond motifs is 1. The Morgan fingerprint density at radius 3 is 2.71 bits per heavy atom. The maximum atomic E-state index is 4.54. The standard InChI is InChI=1S/C16H17N5/c1-3-12(13-8-6-7-11-17-13)19-20-16-18-14-9-4-5-10-15(14)21(16)2/h4-11H,3H2,1-2H3,(H,18,20). The Hall–Kier alpha value is -2.69. The first-order valence-corrected chi connectivity index (χ1v) is 6.95. The van der Waals surface area contributed by atoms with E-state index in [-0.39, 0.29) is 0 Å². The van der Waals surface area contributed by atoms with Crippen molar-refractivity contribution in [2.75, 3.05) is 5.43 Å². The fraction of sp³-hybridized carbons (Fsp3) is 0.188. The SMILES string of the molecule is CCC(=NNc1nc2ccccc2n1C)c1ccccn1. The molecule has 2 aromatic heterocycles. The molecule has 1 N–H and O–H groups in total. The minimum absolute atomic E-state index is 0.720. The Kier molecular flexibility index (Phi) is 3.64. The van der Waals surface area contributed by atoms with Crippen molar-refractivity contribution < 1.29 is 0 Å². The van der Waals surface area contributed by atoms with Gasteiger partial charge in [0.1, 0.15) is 0 Å². The highest BCUT2D eigenvalue weighted by molar-refractivity contribution is 5.99. The first-order valence-electron chi connectivity index (χ1n) is 6.95. The number of nitrogens with zero attached hydrogens (tertiary/aromatic N) is 4. The summed E-state index contributed by atoms with van der Waals surface area (Å²) >= 11 is 0. The van der Waals surface area contributed by atoms with Gasteiger partial charge in [-0.15, -0.1) is 0 Å². The molecule has 0 spiro atoms. The number of para-hydroxylation sites is 2. The highest BCUT2D eigenvalue weighted by Gasteiger charge is 2.07. The summed E-state index contributed by atoms with van der Waals surface area (Å²) in [4.78, 5) is 8.87. The molecule has 0 aliphatic carbocycles. The Bertz CT molecular complexity index is 774. The molecule has 0 saturated heterocycles. The first kappa shape index (κ1) is 13.3. The highest BCUT2D eigenvalue weighted by Crippen LogP contribution is 2.17. The summed E-state index contributed by atoms with van der Waals surface area (Å²) in [5.41, 5.74) is 6.87. The first-order chi connectivity index (χ1) is 10.3. The molecule has 0 saturated carbocycles. The number of hydrogen-bond acceptors (Lipinski definition) is 4. The lowest BCUT2D eigenvalue weighted by molar-refractivity contribution is 0.940. The van der Waals surface area contributed by atoms with Crippen LogP contribution in [-0.4, -0.2) is 20.2 Å². The van der Waals surface area contributed by atoms with Crippen LogP contribution in [0.25, 0.3) is 11.0 Å². The molecule has 3 rings (SSSR count). The second kappa shape index (κ2) is 5.75. The molecule has 0 aliphatic rings. The van der Waals surface area contributed by atoms with Gasteiger partial charge in [-0.1, -0.05) is 25.1 Å². The van der Waals surface area contributed by atoms with E-state index in [2.05, 4.69) is 27.4 Å². The molecular formula is C16H17N5. The Morgan fingerprint density at radius 2 is 2.00 bits per heavy atom. The summed E-state index contributed by atoms with van der Waals surface area (Å²) < 4.78 is 1.99. The minimum atomic E-state index is 0.720. The van der Waals surface area contributed by atoms with Crippen molar-refractivity contribution in [3.8, 4) is 0 Å². The molecule has 2 heterocycles. The highest BCUT2D eigenvalue weighted by atomic mass is 15.4. The quantitative estimate of drug-likeness (QED) is 0.589. The molecule has 0 aliphatic heterocycles. The maximum absolute atomic E-state index is 4.54. The predicted octanol–water partition coefficient (Wildman–Crippen LogP) is 3.19. The fourth-order valence-electron chi connectivity index (χ4n) is 2.21. The van der Waals surface area contributed by atoms with Crippen LogP contribution in [0, 0.1) is 0 Å². The molecule has 0 fully saturated rings. The lowest BCUT2D eigenvalue weighted by Gasteiger charge is -2.05. The average molecular weight is 279 g/mol. The van der Waals surface area contributed by atoms with E-state index in [1.54, 1.807) is 6.20 Å². The zero-order chi connectivity index (χ0) is 14.7. The molecule has 5 heteroatoms. The zero-order valence-corrected chi connectivity index (χ0v) is 12.1. The van der Waals surface area contributed by atoms with Gasteiger partial charge in [0.25, 0.3) is 0 Å². The van der Waals surface area contributed by atoms with Gasteiger partial charge in [-0.3, -0.25) is 4.98 Å². The van der Waals surface area contributed by atoms with Crippen LogP contribution in [0.2, 0.25) is 0 Å². The molecule has 1 aromatic carbocycles. The van der Waals surface area contributed by atoms with E-state index in [1.165, 1.54) is 0 Å². The third-order valence-electron chi connectivity index (χ3n) is 3.37. The second-order valence-corrected chi connectivity index (χ2v) is 4.72. The Labute approximate surface area is 123 Å². The molecule has 106 valence electrons. The van der Waals surface area contributed by atoms with Gasteiger partial charge in [0, 0.05) is 13.2 Å². The monoisotopic (exact) mass is 279 g/mol. The van der Waals surface area contributed by atoms with E-state index < -0.39 is 0 Å². The van der Waals surface area contributed by atoms with Gasteiger partial charge in [-0.25, -0.2) is 10.4 Å². The second-order valence-electron chi connectivity index (χ2n) is 4.72. The van der Waals surface area contributed by atoms with E-state index in [0.717, 1.165) is 34.8 Å². The summed E-state index contributed by atoms with van der Waals surface area (Å²) in [7, 11) is 1.97. The number of hydrogen-bond donors (Lipinski definition) is 1. The number of rotatable bonds is 4. The van der Waals surface area contributed by atoms with Crippen LogP contribution in [0.5, 0.6) is 0 Å². The summed E-state index contributed by atoms with van der Waals surface area (Å²) in [6.45, 7) is 2.06. The molecule has 0 atom stereocenters. The number of aromatic nitrogens is 3.